The largest absolute Gasteiger partial charge is 0.490 e. The zero-order valence-corrected chi connectivity index (χ0v) is 18.4. The molecular weight excluding hydrogens is 406 g/mol. The summed E-state index contributed by atoms with van der Waals surface area (Å²) in [7, 11) is 0. The number of benzene rings is 1. The molecule has 1 aliphatic rings. The van der Waals surface area contributed by atoms with Gasteiger partial charge in [-0.15, -0.1) is 0 Å². The molecule has 2 aromatic rings. The number of piperazine rings is 1. The molecule has 0 saturated carbocycles. The second-order valence-corrected chi connectivity index (χ2v) is 7.15. The molecule has 0 N–H and O–H groups in total. The molecule has 0 unspecified atom stereocenters. The number of nitrogens with zero attached hydrogens (tertiary/aromatic N) is 3. The molecule has 0 bridgehead atoms. The zero-order valence-electron chi connectivity index (χ0n) is 17.7. The summed E-state index contributed by atoms with van der Waals surface area (Å²) in [5.41, 5.74) is 0.531. The minimum atomic E-state index is -0.0522. The molecule has 7 nitrogen and oxygen atoms in total. The summed E-state index contributed by atoms with van der Waals surface area (Å²) in [6, 6.07) is 7.21. The number of pyridine rings is 1. The van der Waals surface area contributed by atoms with Gasteiger partial charge in [0.1, 0.15) is 5.82 Å². The monoisotopic (exact) mass is 433 g/mol. The summed E-state index contributed by atoms with van der Waals surface area (Å²) in [6.45, 7) is 9.72. The van der Waals surface area contributed by atoms with Crippen LogP contribution in [-0.4, -0.2) is 61.8 Å². The molecular formula is C22H28ClN3O4. The zero-order chi connectivity index (χ0) is 21.5. The highest BCUT2D eigenvalue weighted by molar-refractivity contribution is 6.30. The second-order valence-electron chi connectivity index (χ2n) is 6.71. The quantitative estimate of drug-likeness (QED) is 0.629. The van der Waals surface area contributed by atoms with Crippen molar-refractivity contribution < 1.29 is 19.0 Å². The van der Waals surface area contributed by atoms with Gasteiger partial charge in [-0.3, -0.25) is 4.79 Å². The molecule has 1 fully saturated rings. The standard InChI is InChI=1S/C22H28ClN3O4/c1-4-28-18-13-16(14-19(29-5-2)21(18)30-6-3)22(27)26-11-9-25(10-12-26)20-8-7-17(23)15-24-20/h7-8,13-15H,4-6,9-12H2,1-3H3. The van der Waals surface area contributed by atoms with Crippen molar-refractivity contribution in [3.8, 4) is 17.2 Å². The van der Waals surface area contributed by atoms with E-state index in [9.17, 15) is 4.79 Å². The van der Waals surface area contributed by atoms with Crippen LogP contribution >= 0.6 is 11.6 Å². The summed E-state index contributed by atoms with van der Waals surface area (Å²) in [5.74, 6) is 2.40. The molecule has 1 amide bonds. The van der Waals surface area contributed by atoms with Gasteiger partial charge in [0.2, 0.25) is 5.75 Å². The van der Waals surface area contributed by atoms with Crippen molar-refractivity contribution in [3.05, 3.63) is 41.0 Å². The number of rotatable bonds is 8. The smallest absolute Gasteiger partial charge is 0.254 e. The Hall–Kier alpha value is -2.67. The van der Waals surface area contributed by atoms with Crippen LogP contribution in [0.3, 0.4) is 0 Å². The molecule has 30 heavy (non-hydrogen) atoms. The lowest BCUT2D eigenvalue weighted by molar-refractivity contribution is 0.0745. The molecule has 1 aromatic carbocycles. The van der Waals surface area contributed by atoms with E-state index in [-0.39, 0.29) is 5.91 Å². The van der Waals surface area contributed by atoms with Crippen molar-refractivity contribution in [2.45, 2.75) is 20.8 Å². The lowest BCUT2D eigenvalue weighted by Crippen LogP contribution is -2.49. The molecule has 2 heterocycles. The van der Waals surface area contributed by atoms with Gasteiger partial charge < -0.3 is 24.0 Å². The van der Waals surface area contributed by atoms with Gasteiger partial charge >= 0.3 is 0 Å². The SMILES string of the molecule is CCOc1cc(C(=O)N2CCN(c3ccc(Cl)cn3)CC2)cc(OCC)c1OCC. The lowest BCUT2D eigenvalue weighted by Gasteiger charge is -2.35. The minimum absolute atomic E-state index is 0.0522. The van der Waals surface area contributed by atoms with Crippen LogP contribution in [0.2, 0.25) is 5.02 Å². The van der Waals surface area contributed by atoms with Gasteiger partial charge in [0.05, 0.1) is 24.8 Å². The Morgan fingerprint density at radius 3 is 2.07 bits per heavy atom. The van der Waals surface area contributed by atoms with E-state index >= 15 is 0 Å². The van der Waals surface area contributed by atoms with E-state index in [0.717, 1.165) is 5.82 Å². The highest BCUT2D eigenvalue weighted by Crippen LogP contribution is 2.39. The maximum atomic E-state index is 13.2. The third-order valence-corrected chi connectivity index (χ3v) is 4.98. The van der Waals surface area contributed by atoms with E-state index in [4.69, 9.17) is 25.8 Å². The van der Waals surface area contributed by atoms with Crippen LogP contribution in [0.5, 0.6) is 17.2 Å². The molecule has 1 aliphatic heterocycles. The van der Waals surface area contributed by atoms with Crippen LogP contribution in [0.25, 0.3) is 0 Å². The van der Waals surface area contributed by atoms with Gasteiger partial charge in [0, 0.05) is 37.9 Å². The Kier molecular flexibility index (Phi) is 7.63. The molecule has 0 atom stereocenters. The van der Waals surface area contributed by atoms with Gasteiger partial charge in [-0.25, -0.2) is 4.98 Å². The Balaban J connectivity index is 1.76. The van der Waals surface area contributed by atoms with E-state index in [1.807, 2.05) is 37.8 Å². The van der Waals surface area contributed by atoms with Crippen molar-refractivity contribution in [3.63, 3.8) is 0 Å². The second kappa shape index (κ2) is 10.4. The first-order chi connectivity index (χ1) is 14.6. The number of hydrogen-bond acceptors (Lipinski definition) is 6. The van der Waals surface area contributed by atoms with Crippen LogP contribution in [0, 0.1) is 0 Å². The van der Waals surface area contributed by atoms with Crippen molar-refractivity contribution in [1.29, 1.82) is 0 Å². The van der Waals surface area contributed by atoms with E-state index in [2.05, 4.69) is 9.88 Å². The van der Waals surface area contributed by atoms with E-state index in [0.29, 0.717) is 73.8 Å². The fourth-order valence-corrected chi connectivity index (χ4v) is 3.50. The summed E-state index contributed by atoms with van der Waals surface area (Å²) in [6.07, 6.45) is 1.64. The first-order valence-electron chi connectivity index (χ1n) is 10.3. The fraction of sp³-hybridized carbons (Fsp3) is 0.455. The van der Waals surface area contributed by atoms with Crippen molar-refractivity contribution >= 4 is 23.3 Å². The third-order valence-electron chi connectivity index (χ3n) is 4.76. The normalized spacial score (nSPS) is 13.9. The van der Waals surface area contributed by atoms with Gasteiger partial charge in [-0.05, 0) is 45.0 Å². The summed E-state index contributed by atoms with van der Waals surface area (Å²) >= 11 is 5.92. The Morgan fingerprint density at radius 2 is 1.57 bits per heavy atom. The maximum absolute atomic E-state index is 13.2. The highest BCUT2D eigenvalue weighted by Gasteiger charge is 2.25. The molecule has 1 saturated heterocycles. The van der Waals surface area contributed by atoms with Crippen molar-refractivity contribution in [2.24, 2.45) is 0 Å². The molecule has 162 valence electrons. The maximum Gasteiger partial charge on any atom is 0.254 e. The lowest BCUT2D eigenvalue weighted by atomic mass is 10.1. The number of hydrogen-bond donors (Lipinski definition) is 0. The highest BCUT2D eigenvalue weighted by atomic mass is 35.5. The number of ether oxygens (including phenoxy) is 3. The van der Waals surface area contributed by atoms with Crippen LogP contribution in [0.15, 0.2) is 30.5 Å². The van der Waals surface area contributed by atoms with Gasteiger partial charge in [-0.2, -0.15) is 0 Å². The number of aromatic nitrogens is 1. The van der Waals surface area contributed by atoms with Crippen LogP contribution in [-0.2, 0) is 0 Å². The molecule has 0 radical (unpaired) electrons. The number of anilines is 1. The predicted molar refractivity (Wildman–Crippen MR) is 117 cm³/mol. The van der Waals surface area contributed by atoms with E-state index < -0.39 is 0 Å². The summed E-state index contributed by atoms with van der Waals surface area (Å²) in [4.78, 5) is 21.5. The van der Waals surface area contributed by atoms with Gasteiger partial charge in [0.15, 0.2) is 11.5 Å². The van der Waals surface area contributed by atoms with Gasteiger partial charge in [-0.1, -0.05) is 11.6 Å². The Labute approximate surface area is 182 Å². The minimum Gasteiger partial charge on any atom is -0.490 e. The van der Waals surface area contributed by atoms with Crippen LogP contribution in [0.1, 0.15) is 31.1 Å². The third kappa shape index (κ3) is 5.08. The predicted octanol–water partition coefficient (Wildman–Crippen LogP) is 3.89. The van der Waals surface area contributed by atoms with Crippen LogP contribution < -0.4 is 19.1 Å². The molecule has 3 rings (SSSR count). The number of halogens is 1. The van der Waals surface area contributed by atoms with E-state index in [1.54, 1.807) is 18.3 Å². The number of carbonyl (C=O) groups excluding carboxylic acids is 1. The average molecular weight is 434 g/mol. The first-order valence-corrected chi connectivity index (χ1v) is 10.7. The molecule has 0 aliphatic carbocycles. The Bertz CT molecular complexity index is 825. The fourth-order valence-electron chi connectivity index (χ4n) is 3.39. The molecule has 1 aromatic heterocycles. The molecule has 8 heteroatoms. The summed E-state index contributed by atoms with van der Waals surface area (Å²) < 4.78 is 17.2. The summed E-state index contributed by atoms with van der Waals surface area (Å²) in [5, 5.41) is 0.610. The van der Waals surface area contributed by atoms with E-state index in [1.165, 1.54) is 0 Å². The Morgan fingerprint density at radius 1 is 0.967 bits per heavy atom. The average Bonchev–Trinajstić information content (AvgIpc) is 2.76. The number of amides is 1. The molecule has 0 spiro atoms. The first kappa shape index (κ1) is 22.0. The van der Waals surface area contributed by atoms with Gasteiger partial charge in [0.25, 0.3) is 5.91 Å². The number of carbonyl (C=O) groups is 1. The van der Waals surface area contributed by atoms with Crippen molar-refractivity contribution in [2.75, 3.05) is 50.9 Å². The van der Waals surface area contributed by atoms with Crippen LogP contribution in [0.4, 0.5) is 5.82 Å². The van der Waals surface area contributed by atoms with Crippen molar-refractivity contribution in [1.82, 2.24) is 9.88 Å². The topological polar surface area (TPSA) is 64.1 Å².